The van der Waals surface area contributed by atoms with E-state index in [1.165, 1.54) is 25.7 Å². The molecule has 104 valence electrons. The van der Waals surface area contributed by atoms with Crippen molar-refractivity contribution in [3.63, 3.8) is 0 Å². The predicted octanol–water partition coefficient (Wildman–Crippen LogP) is 2.85. The van der Waals surface area contributed by atoms with Gasteiger partial charge >= 0.3 is 5.97 Å². The maximum atomic E-state index is 11.4. The molecule has 0 aliphatic heterocycles. The molecule has 3 rings (SSSR count). The summed E-state index contributed by atoms with van der Waals surface area (Å²) in [7, 11) is 0. The van der Waals surface area contributed by atoms with Gasteiger partial charge in [0, 0.05) is 11.4 Å². The molecular formula is C14H20N2O2S. The van der Waals surface area contributed by atoms with Crippen molar-refractivity contribution >= 4 is 22.4 Å². The van der Waals surface area contributed by atoms with E-state index in [0.717, 1.165) is 22.7 Å². The summed E-state index contributed by atoms with van der Waals surface area (Å²) in [4.78, 5) is 15.9. The van der Waals surface area contributed by atoms with Crippen LogP contribution in [0.5, 0.6) is 0 Å². The van der Waals surface area contributed by atoms with Crippen LogP contribution in [0.2, 0.25) is 0 Å². The lowest BCUT2D eigenvalue weighted by atomic mass is 10.1. The van der Waals surface area contributed by atoms with Crippen molar-refractivity contribution in [2.45, 2.75) is 45.1 Å². The van der Waals surface area contributed by atoms with E-state index < -0.39 is 0 Å². The minimum atomic E-state index is -0.194. The highest BCUT2D eigenvalue weighted by molar-refractivity contribution is 7.13. The highest BCUT2D eigenvalue weighted by Gasteiger charge is 2.41. The number of ether oxygens (including phenoxy) is 1. The van der Waals surface area contributed by atoms with E-state index in [2.05, 4.69) is 10.3 Å². The molecule has 1 N–H and O–H groups in total. The molecular weight excluding hydrogens is 260 g/mol. The summed E-state index contributed by atoms with van der Waals surface area (Å²) in [5.74, 6) is 1.51. The third-order valence-corrected chi connectivity index (χ3v) is 4.55. The topological polar surface area (TPSA) is 51.2 Å². The molecule has 0 amide bonds. The molecule has 0 aromatic carbocycles. The first kappa shape index (κ1) is 12.9. The number of anilines is 1. The van der Waals surface area contributed by atoms with Crippen molar-refractivity contribution in [2.75, 3.05) is 11.9 Å². The lowest BCUT2D eigenvalue weighted by molar-refractivity contribution is -0.142. The second-order valence-corrected chi connectivity index (χ2v) is 6.33. The summed E-state index contributed by atoms with van der Waals surface area (Å²) in [5, 5.41) is 6.50. The van der Waals surface area contributed by atoms with E-state index in [1.807, 2.05) is 12.3 Å². The molecule has 2 aliphatic rings. The Morgan fingerprint density at radius 3 is 2.74 bits per heavy atom. The Morgan fingerprint density at radius 2 is 2.16 bits per heavy atom. The highest BCUT2D eigenvalue weighted by Crippen LogP contribution is 2.46. The van der Waals surface area contributed by atoms with Crippen LogP contribution in [0.15, 0.2) is 5.38 Å². The average Bonchev–Trinajstić information content (AvgIpc) is 3.28. The number of nitrogens with one attached hydrogen (secondary N) is 1. The van der Waals surface area contributed by atoms with E-state index in [1.54, 1.807) is 11.3 Å². The summed E-state index contributed by atoms with van der Waals surface area (Å²) in [5.41, 5.74) is 0.816. The number of carbonyl (C=O) groups is 1. The van der Waals surface area contributed by atoms with Crippen molar-refractivity contribution in [2.24, 2.45) is 11.8 Å². The summed E-state index contributed by atoms with van der Waals surface area (Å²) in [6.07, 6.45) is 5.71. The first-order valence-electron chi connectivity index (χ1n) is 7.13. The van der Waals surface area contributed by atoms with E-state index in [9.17, 15) is 4.79 Å². The summed E-state index contributed by atoms with van der Waals surface area (Å²) in [6.45, 7) is 2.25. The second-order valence-electron chi connectivity index (χ2n) is 5.47. The van der Waals surface area contributed by atoms with Crippen LogP contribution >= 0.6 is 11.3 Å². The fourth-order valence-electron chi connectivity index (χ4n) is 2.49. The number of hydrogen-bond acceptors (Lipinski definition) is 5. The van der Waals surface area contributed by atoms with Crippen molar-refractivity contribution in [1.82, 2.24) is 4.98 Å². The molecule has 0 atom stereocenters. The molecule has 4 nitrogen and oxygen atoms in total. The van der Waals surface area contributed by atoms with Gasteiger partial charge in [-0.3, -0.25) is 4.79 Å². The molecule has 1 aromatic heterocycles. The van der Waals surface area contributed by atoms with Crippen molar-refractivity contribution in [3.8, 4) is 0 Å². The van der Waals surface area contributed by atoms with Gasteiger partial charge in [-0.15, -0.1) is 11.3 Å². The van der Waals surface area contributed by atoms with Crippen LogP contribution in [0, 0.1) is 11.8 Å². The largest absolute Gasteiger partial charge is 0.466 e. The number of hydrogen-bond donors (Lipinski definition) is 1. The van der Waals surface area contributed by atoms with Gasteiger partial charge in [-0.2, -0.15) is 0 Å². The van der Waals surface area contributed by atoms with Crippen molar-refractivity contribution in [3.05, 3.63) is 11.1 Å². The lowest BCUT2D eigenvalue weighted by Gasteiger charge is -2.16. The van der Waals surface area contributed by atoms with E-state index in [4.69, 9.17) is 4.74 Å². The van der Waals surface area contributed by atoms with Crippen LogP contribution in [0.1, 0.15) is 38.3 Å². The summed E-state index contributed by atoms with van der Waals surface area (Å²) >= 11 is 1.60. The third-order valence-electron chi connectivity index (χ3n) is 3.73. The maximum absolute atomic E-state index is 11.4. The first-order valence-corrected chi connectivity index (χ1v) is 8.00. The van der Waals surface area contributed by atoms with Gasteiger partial charge in [0.1, 0.15) is 0 Å². The van der Waals surface area contributed by atoms with E-state index in [-0.39, 0.29) is 12.4 Å². The van der Waals surface area contributed by atoms with Crippen LogP contribution in [-0.4, -0.2) is 23.6 Å². The Morgan fingerprint density at radius 1 is 1.47 bits per heavy atom. The number of thiazole rings is 1. The molecule has 2 fully saturated rings. The smallest absolute Gasteiger partial charge is 0.311 e. The maximum Gasteiger partial charge on any atom is 0.311 e. The molecule has 0 saturated heterocycles. The molecule has 1 aromatic rings. The van der Waals surface area contributed by atoms with Crippen LogP contribution in [0.25, 0.3) is 0 Å². The third kappa shape index (κ3) is 3.47. The zero-order chi connectivity index (χ0) is 13.2. The van der Waals surface area contributed by atoms with E-state index >= 15 is 0 Å². The molecule has 19 heavy (non-hydrogen) atoms. The Kier molecular flexibility index (Phi) is 3.73. The summed E-state index contributed by atoms with van der Waals surface area (Å²) in [6, 6.07) is 0.613. The Balaban J connectivity index is 1.56. The van der Waals surface area contributed by atoms with Crippen molar-refractivity contribution < 1.29 is 9.53 Å². The summed E-state index contributed by atoms with van der Waals surface area (Å²) < 4.78 is 4.94. The van der Waals surface area contributed by atoms with Gasteiger partial charge in [0.15, 0.2) is 5.13 Å². The number of esters is 1. The molecule has 0 spiro atoms. The minimum Gasteiger partial charge on any atom is -0.466 e. The SMILES string of the molecule is CCOC(=O)Cc1csc(NC(C2CC2)C2CC2)n1. The monoisotopic (exact) mass is 280 g/mol. The Labute approximate surface area is 117 Å². The molecule has 1 heterocycles. The van der Waals surface area contributed by atoms with Crippen LogP contribution in [-0.2, 0) is 16.0 Å². The highest BCUT2D eigenvalue weighted by atomic mass is 32.1. The van der Waals surface area contributed by atoms with Crippen LogP contribution in [0.4, 0.5) is 5.13 Å². The molecule has 2 saturated carbocycles. The molecule has 5 heteroatoms. The van der Waals surface area contributed by atoms with Crippen LogP contribution in [0.3, 0.4) is 0 Å². The van der Waals surface area contributed by atoms with Gasteiger partial charge in [0.25, 0.3) is 0 Å². The second kappa shape index (κ2) is 5.49. The number of rotatable bonds is 7. The number of carbonyl (C=O) groups excluding carboxylic acids is 1. The fourth-order valence-corrected chi connectivity index (χ4v) is 3.25. The van der Waals surface area contributed by atoms with Crippen molar-refractivity contribution in [1.29, 1.82) is 0 Å². The van der Waals surface area contributed by atoms with Crippen LogP contribution < -0.4 is 5.32 Å². The average molecular weight is 280 g/mol. The van der Waals surface area contributed by atoms with Gasteiger partial charge in [-0.05, 0) is 44.4 Å². The number of aromatic nitrogens is 1. The van der Waals surface area contributed by atoms with Gasteiger partial charge < -0.3 is 10.1 Å². The van der Waals surface area contributed by atoms with Gasteiger partial charge in [-0.1, -0.05) is 0 Å². The Hall–Kier alpha value is -1.10. The molecule has 0 unspecified atom stereocenters. The van der Waals surface area contributed by atoms with Gasteiger partial charge in [0.2, 0.25) is 0 Å². The molecule has 2 aliphatic carbocycles. The van der Waals surface area contributed by atoms with Gasteiger partial charge in [-0.25, -0.2) is 4.98 Å². The number of nitrogens with zero attached hydrogens (tertiary/aromatic N) is 1. The fraction of sp³-hybridized carbons (Fsp3) is 0.714. The molecule has 0 radical (unpaired) electrons. The predicted molar refractivity (Wildman–Crippen MR) is 75.3 cm³/mol. The zero-order valence-electron chi connectivity index (χ0n) is 11.2. The Bertz CT molecular complexity index is 440. The quantitative estimate of drug-likeness (QED) is 0.780. The normalized spacial score (nSPS) is 18.6. The van der Waals surface area contributed by atoms with Gasteiger partial charge in [0.05, 0.1) is 18.7 Å². The standard InChI is InChI=1S/C14H20N2O2S/c1-2-18-12(17)7-11-8-19-14(15-11)16-13(9-3-4-9)10-5-6-10/h8-10,13H,2-7H2,1H3,(H,15,16). The zero-order valence-corrected chi connectivity index (χ0v) is 12.0. The van der Waals surface area contributed by atoms with E-state index in [0.29, 0.717) is 12.6 Å². The minimum absolute atomic E-state index is 0.194. The lowest BCUT2D eigenvalue weighted by Crippen LogP contribution is -2.24. The first-order chi connectivity index (χ1) is 9.26. The molecule has 0 bridgehead atoms.